The minimum absolute atomic E-state index is 0.0662. The number of esters is 1. The van der Waals surface area contributed by atoms with Crippen LogP contribution in [0.25, 0.3) is 0 Å². The maximum atomic E-state index is 11.8. The summed E-state index contributed by atoms with van der Waals surface area (Å²) in [5, 5.41) is 6.13. The maximum Gasteiger partial charge on any atom is 0.309 e. The topological polar surface area (TPSA) is 67.4 Å². The predicted molar refractivity (Wildman–Crippen MR) is 88.7 cm³/mol. The third-order valence-corrected chi connectivity index (χ3v) is 3.90. The van der Waals surface area contributed by atoms with Crippen molar-refractivity contribution in [1.29, 1.82) is 0 Å². The number of hydrogen-bond acceptors (Lipinski definition) is 4. The highest BCUT2D eigenvalue weighted by molar-refractivity contribution is 7.80. The number of rotatable bonds is 4. The first-order valence-corrected chi connectivity index (χ1v) is 7.80. The zero-order valence-corrected chi connectivity index (χ0v) is 13.7. The number of hydrogen-bond donors (Lipinski definition) is 2. The zero-order chi connectivity index (χ0) is 16.1. The lowest BCUT2D eigenvalue weighted by atomic mass is 9.99. The maximum absolute atomic E-state index is 11.8. The van der Waals surface area contributed by atoms with Gasteiger partial charge in [-0.2, -0.15) is 0 Å². The lowest BCUT2D eigenvalue weighted by molar-refractivity contribution is -0.143. The Kier molecular flexibility index (Phi) is 5.74. The molecular formula is C15H17ClN2O3S. The van der Waals surface area contributed by atoms with E-state index in [0.717, 1.165) is 0 Å². The molecule has 1 heterocycles. The van der Waals surface area contributed by atoms with Crippen LogP contribution in [0.3, 0.4) is 0 Å². The van der Waals surface area contributed by atoms with E-state index in [4.69, 9.17) is 28.6 Å². The summed E-state index contributed by atoms with van der Waals surface area (Å²) >= 11 is 11.1. The molecule has 1 aliphatic heterocycles. The Hall–Kier alpha value is -1.66. The zero-order valence-electron chi connectivity index (χ0n) is 12.1. The smallest absolute Gasteiger partial charge is 0.309 e. The average molecular weight is 341 g/mol. The van der Waals surface area contributed by atoms with E-state index >= 15 is 0 Å². The number of cyclic esters (lactones) is 1. The van der Waals surface area contributed by atoms with Gasteiger partial charge < -0.3 is 15.4 Å². The van der Waals surface area contributed by atoms with Crippen LogP contribution in [0.4, 0.5) is 5.69 Å². The van der Waals surface area contributed by atoms with E-state index in [9.17, 15) is 9.59 Å². The molecule has 22 heavy (non-hydrogen) atoms. The van der Waals surface area contributed by atoms with Crippen molar-refractivity contribution >= 4 is 46.5 Å². The van der Waals surface area contributed by atoms with Crippen molar-refractivity contribution in [3.63, 3.8) is 0 Å². The van der Waals surface area contributed by atoms with E-state index in [-0.39, 0.29) is 35.4 Å². The molecule has 2 atom stereocenters. The van der Waals surface area contributed by atoms with Crippen LogP contribution in [-0.2, 0) is 14.3 Å². The molecule has 0 aliphatic carbocycles. The molecular weight excluding hydrogens is 324 g/mol. The van der Waals surface area contributed by atoms with E-state index in [2.05, 4.69) is 10.6 Å². The fourth-order valence-electron chi connectivity index (χ4n) is 2.29. The van der Waals surface area contributed by atoms with E-state index in [0.29, 0.717) is 23.6 Å². The molecule has 5 nitrogen and oxygen atoms in total. The van der Waals surface area contributed by atoms with Gasteiger partial charge in [0.15, 0.2) is 5.11 Å². The number of ether oxygens (including phenoxy) is 1. The summed E-state index contributed by atoms with van der Waals surface area (Å²) < 4.78 is 5.06. The lowest BCUT2D eigenvalue weighted by Crippen LogP contribution is -2.34. The molecule has 0 radical (unpaired) electrons. The number of anilines is 1. The molecule has 1 fully saturated rings. The summed E-state index contributed by atoms with van der Waals surface area (Å²) in [6, 6.07) is 7.10. The van der Waals surface area contributed by atoms with Gasteiger partial charge in [-0.1, -0.05) is 23.7 Å². The normalized spacial score (nSPS) is 20.4. The van der Waals surface area contributed by atoms with Gasteiger partial charge in [-0.15, -0.1) is 0 Å². The quantitative estimate of drug-likeness (QED) is 0.651. The second-order valence-corrected chi connectivity index (χ2v) is 6.02. The summed E-state index contributed by atoms with van der Waals surface area (Å²) in [4.78, 5) is 23.3. The average Bonchev–Trinajstić information content (AvgIpc) is 2.77. The Balaban J connectivity index is 1.76. The molecule has 1 aromatic rings. The van der Waals surface area contributed by atoms with Crippen molar-refractivity contribution in [3.05, 3.63) is 29.3 Å². The Morgan fingerprint density at radius 2 is 2.18 bits per heavy atom. The molecule has 0 bridgehead atoms. The summed E-state index contributed by atoms with van der Waals surface area (Å²) in [6.45, 7) is 1.85. The molecule has 7 heteroatoms. The molecule has 0 aromatic heterocycles. The van der Waals surface area contributed by atoms with Gasteiger partial charge in [0, 0.05) is 6.42 Å². The SMILES string of the molecule is C[C@H]1C[C@H](CCC(=O)NC(=S)Nc2ccccc2Cl)C(=O)O1. The second kappa shape index (κ2) is 7.56. The number of para-hydroxylation sites is 1. The van der Waals surface area contributed by atoms with Crippen molar-refractivity contribution in [2.45, 2.75) is 32.3 Å². The fourth-order valence-corrected chi connectivity index (χ4v) is 2.69. The minimum atomic E-state index is -0.239. The van der Waals surface area contributed by atoms with Crippen molar-refractivity contribution in [3.8, 4) is 0 Å². The van der Waals surface area contributed by atoms with E-state index in [1.54, 1.807) is 18.2 Å². The van der Waals surface area contributed by atoms with Gasteiger partial charge in [0.05, 0.1) is 22.7 Å². The van der Waals surface area contributed by atoms with Gasteiger partial charge in [0.25, 0.3) is 0 Å². The highest BCUT2D eigenvalue weighted by atomic mass is 35.5. The Bertz CT molecular complexity index is 594. The second-order valence-electron chi connectivity index (χ2n) is 5.20. The largest absolute Gasteiger partial charge is 0.462 e. The van der Waals surface area contributed by atoms with Crippen LogP contribution in [0, 0.1) is 5.92 Å². The molecule has 2 N–H and O–H groups in total. The van der Waals surface area contributed by atoms with Crippen molar-refractivity contribution in [2.75, 3.05) is 5.32 Å². The van der Waals surface area contributed by atoms with Crippen molar-refractivity contribution in [2.24, 2.45) is 5.92 Å². The third-order valence-electron chi connectivity index (χ3n) is 3.36. The van der Waals surface area contributed by atoms with Crippen LogP contribution < -0.4 is 10.6 Å². The first-order chi connectivity index (χ1) is 10.5. The van der Waals surface area contributed by atoms with Gasteiger partial charge >= 0.3 is 5.97 Å². The number of benzene rings is 1. The number of carbonyl (C=O) groups excluding carboxylic acids is 2. The van der Waals surface area contributed by atoms with Crippen LogP contribution >= 0.6 is 23.8 Å². The molecule has 1 aromatic carbocycles. The number of amides is 1. The van der Waals surface area contributed by atoms with Crippen LogP contribution in [0.15, 0.2) is 24.3 Å². The Labute approximate surface area is 139 Å². The van der Waals surface area contributed by atoms with Gasteiger partial charge in [-0.3, -0.25) is 9.59 Å². The van der Waals surface area contributed by atoms with Crippen LogP contribution in [0.5, 0.6) is 0 Å². The minimum Gasteiger partial charge on any atom is -0.462 e. The van der Waals surface area contributed by atoms with Crippen LogP contribution in [0.2, 0.25) is 5.02 Å². The van der Waals surface area contributed by atoms with Crippen molar-refractivity contribution < 1.29 is 14.3 Å². The monoisotopic (exact) mass is 340 g/mol. The molecule has 0 saturated carbocycles. The van der Waals surface area contributed by atoms with E-state index < -0.39 is 0 Å². The molecule has 1 aliphatic rings. The Morgan fingerprint density at radius 3 is 2.82 bits per heavy atom. The molecule has 1 saturated heterocycles. The summed E-state index contributed by atoms with van der Waals surface area (Å²) in [6.07, 6.45) is 1.28. The predicted octanol–water partition coefficient (Wildman–Crippen LogP) is 2.88. The van der Waals surface area contributed by atoms with Gasteiger partial charge in [-0.25, -0.2) is 0 Å². The molecule has 118 valence electrons. The fraction of sp³-hybridized carbons (Fsp3) is 0.400. The van der Waals surface area contributed by atoms with Gasteiger partial charge in [0.2, 0.25) is 5.91 Å². The summed E-state index contributed by atoms with van der Waals surface area (Å²) in [5.41, 5.74) is 0.627. The van der Waals surface area contributed by atoms with Crippen molar-refractivity contribution in [1.82, 2.24) is 5.32 Å². The van der Waals surface area contributed by atoms with Gasteiger partial charge in [0.1, 0.15) is 0 Å². The standard InChI is InChI=1S/C15H17ClN2O3S/c1-9-8-10(14(20)21-9)6-7-13(19)18-15(22)17-12-5-3-2-4-11(12)16/h2-5,9-10H,6-8H2,1H3,(H2,17,18,19,22)/t9-,10-/m0/s1. The highest BCUT2D eigenvalue weighted by Gasteiger charge is 2.31. The molecule has 2 rings (SSSR count). The number of nitrogens with one attached hydrogen (secondary N) is 2. The van der Waals surface area contributed by atoms with E-state index in [1.807, 2.05) is 13.0 Å². The van der Waals surface area contributed by atoms with Crippen LogP contribution in [-0.4, -0.2) is 23.1 Å². The highest BCUT2D eigenvalue weighted by Crippen LogP contribution is 2.24. The summed E-state index contributed by atoms with van der Waals surface area (Å²) in [5.74, 6) is -0.667. The molecule has 0 unspecified atom stereocenters. The van der Waals surface area contributed by atoms with Gasteiger partial charge in [-0.05, 0) is 44.1 Å². The third kappa shape index (κ3) is 4.68. The number of carbonyl (C=O) groups is 2. The van der Waals surface area contributed by atoms with Crippen LogP contribution in [0.1, 0.15) is 26.2 Å². The van der Waals surface area contributed by atoms with E-state index in [1.165, 1.54) is 0 Å². The number of halogens is 1. The molecule has 0 spiro atoms. The first kappa shape index (κ1) is 16.7. The molecule has 1 amide bonds. The lowest BCUT2D eigenvalue weighted by Gasteiger charge is -2.11. The summed E-state index contributed by atoms with van der Waals surface area (Å²) in [7, 11) is 0. The Morgan fingerprint density at radius 1 is 1.45 bits per heavy atom. The first-order valence-electron chi connectivity index (χ1n) is 7.01. The number of thiocarbonyl (C=S) groups is 1.